The van der Waals surface area contributed by atoms with Crippen LogP contribution < -0.4 is 5.32 Å². The van der Waals surface area contributed by atoms with Gasteiger partial charge >= 0.3 is 5.69 Å². The lowest BCUT2D eigenvalue weighted by Crippen LogP contribution is -2.01. The van der Waals surface area contributed by atoms with Crippen molar-refractivity contribution >= 4 is 28.2 Å². The Balaban J connectivity index is 1.77. The van der Waals surface area contributed by atoms with Crippen molar-refractivity contribution in [1.29, 1.82) is 0 Å². The summed E-state index contributed by atoms with van der Waals surface area (Å²) in [6.45, 7) is 3.58. The first-order valence-electron chi connectivity index (χ1n) is 8.45. The van der Waals surface area contributed by atoms with Crippen molar-refractivity contribution in [1.82, 2.24) is 19.3 Å². The van der Waals surface area contributed by atoms with E-state index < -0.39 is 4.92 Å². The van der Waals surface area contributed by atoms with Gasteiger partial charge in [-0.2, -0.15) is 5.10 Å². The van der Waals surface area contributed by atoms with Crippen LogP contribution in [-0.2, 0) is 7.05 Å². The molecule has 1 N–H and O–H groups in total. The largest absolute Gasteiger partial charge is 0.335 e. The van der Waals surface area contributed by atoms with E-state index in [2.05, 4.69) is 20.0 Å². The number of imidazole rings is 1. The summed E-state index contributed by atoms with van der Waals surface area (Å²) in [6, 6.07) is 15.7. The number of aromatic nitrogens is 4. The number of hydrogen-bond acceptors (Lipinski definition) is 5. The number of benzene rings is 2. The number of anilines is 2. The molecule has 27 heavy (non-hydrogen) atoms. The molecule has 8 heteroatoms. The van der Waals surface area contributed by atoms with E-state index in [1.165, 1.54) is 4.68 Å². The van der Waals surface area contributed by atoms with Crippen molar-refractivity contribution in [2.75, 3.05) is 5.32 Å². The quantitative estimate of drug-likeness (QED) is 0.437. The molecule has 0 aliphatic carbocycles. The molecule has 0 aliphatic rings. The second-order valence-electron chi connectivity index (χ2n) is 6.32. The van der Waals surface area contributed by atoms with Crippen LogP contribution in [0.5, 0.6) is 0 Å². The first-order chi connectivity index (χ1) is 13.0. The molecule has 136 valence electrons. The highest BCUT2D eigenvalue weighted by Crippen LogP contribution is 2.31. The van der Waals surface area contributed by atoms with Gasteiger partial charge in [0.15, 0.2) is 0 Å². The lowest BCUT2D eigenvalue weighted by molar-refractivity contribution is -0.384. The second kappa shape index (κ2) is 6.24. The predicted octanol–water partition coefficient (Wildman–Crippen LogP) is 4.03. The molecule has 2 aromatic heterocycles. The third kappa shape index (κ3) is 2.80. The lowest BCUT2D eigenvalue weighted by Gasteiger charge is -2.08. The zero-order valence-corrected chi connectivity index (χ0v) is 15.2. The van der Waals surface area contributed by atoms with Crippen molar-refractivity contribution < 1.29 is 4.92 Å². The molecule has 4 aromatic rings. The Morgan fingerprint density at radius 3 is 2.56 bits per heavy atom. The van der Waals surface area contributed by atoms with Gasteiger partial charge in [0.05, 0.1) is 16.0 Å². The van der Waals surface area contributed by atoms with Gasteiger partial charge in [-0.3, -0.25) is 14.7 Å². The number of para-hydroxylation sites is 1. The van der Waals surface area contributed by atoms with Crippen LogP contribution in [0.4, 0.5) is 17.2 Å². The minimum absolute atomic E-state index is 0.0245. The number of fused-ring (bicyclic) bond motifs is 1. The smallest absolute Gasteiger partial charge is 0.334 e. The van der Waals surface area contributed by atoms with Crippen LogP contribution in [0.3, 0.4) is 0 Å². The van der Waals surface area contributed by atoms with Gasteiger partial charge < -0.3 is 5.32 Å². The minimum atomic E-state index is -0.419. The van der Waals surface area contributed by atoms with E-state index in [4.69, 9.17) is 0 Å². The Morgan fingerprint density at radius 1 is 1.11 bits per heavy atom. The predicted molar refractivity (Wildman–Crippen MR) is 104 cm³/mol. The molecule has 0 fully saturated rings. The molecule has 0 amide bonds. The van der Waals surface area contributed by atoms with E-state index in [-0.39, 0.29) is 5.69 Å². The van der Waals surface area contributed by atoms with Crippen LogP contribution in [0.1, 0.15) is 11.5 Å². The third-order valence-corrected chi connectivity index (χ3v) is 4.47. The summed E-state index contributed by atoms with van der Waals surface area (Å²) in [6.07, 6.45) is 0. The van der Waals surface area contributed by atoms with Gasteiger partial charge in [-0.1, -0.05) is 18.2 Å². The van der Waals surface area contributed by atoms with Gasteiger partial charge in [-0.15, -0.1) is 0 Å². The monoisotopic (exact) mass is 362 g/mol. The molecule has 0 aliphatic heterocycles. The first-order valence-corrected chi connectivity index (χ1v) is 8.45. The average Bonchev–Trinajstić information content (AvgIpc) is 3.10. The fourth-order valence-corrected chi connectivity index (χ4v) is 3.32. The summed E-state index contributed by atoms with van der Waals surface area (Å²) in [5.41, 5.74) is 3.88. The summed E-state index contributed by atoms with van der Waals surface area (Å²) in [4.78, 5) is 15.6. The Labute approximate surface area is 155 Å². The molecule has 0 spiro atoms. The highest BCUT2D eigenvalue weighted by atomic mass is 16.6. The van der Waals surface area contributed by atoms with E-state index in [9.17, 15) is 10.1 Å². The van der Waals surface area contributed by atoms with Gasteiger partial charge in [0.2, 0.25) is 5.82 Å². The van der Waals surface area contributed by atoms with Crippen LogP contribution in [0, 0.1) is 24.0 Å². The normalized spacial score (nSPS) is 11.1. The van der Waals surface area contributed by atoms with Gasteiger partial charge in [-0.05, 0) is 44.2 Å². The van der Waals surface area contributed by atoms with E-state index in [1.807, 2.05) is 55.5 Å². The molecular weight excluding hydrogens is 344 g/mol. The molecule has 4 rings (SSSR count). The molecule has 2 heterocycles. The number of nitro groups is 1. The molecule has 2 aromatic carbocycles. The second-order valence-corrected chi connectivity index (χ2v) is 6.32. The van der Waals surface area contributed by atoms with Crippen LogP contribution in [0.15, 0.2) is 48.5 Å². The molecular formula is C19H18N6O2. The number of nitrogens with zero attached hydrogens (tertiary/aromatic N) is 5. The van der Waals surface area contributed by atoms with Gasteiger partial charge in [0.1, 0.15) is 11.5 Å². The number of aryl methyl sites for hydroxylation is 3. The zero-order valence-electron chi connectivity index (χ0n) is 15.2. The molecule has 0 saturated carbocycles. The van der Waals surface area contributed by atoms with E-state index in [1.54, 1.807) is 14.0 Å². The van der Waals surface area contributed by atoms with Crippen molar-refractivity contribution in [2.24, 2.45) is 7.05 Å². The summed E-state index contributed by atoms with van der Waals surface area (Å²) < 4.78 is 3.56. The maximum atomic E-state index is 11.4. The van der Waals surface area contributed by atoms with Crippen LogP contribution in [0.2, 0.25) is 0 Å². The Kier molecular flexibility index (Phi) is 3.88. The summed E-state index contributed by atoms with van der Waals surface area (Å²) in [5, 5.41) is 18.6. The fraction of sp³-hybridized carbons (Fsp3) is 0.158. The van der Waals surface area contributed by atoms with Gasteiger partial charge in [-0.25, -0.2) is 9.67 Å². The van der Waals surface area contributed by atoms with E-state index in [0.717, 1.165) is 22.5 Å². The molecule has 0 radical (unpaired) electrons. The SMILES string of the molecule is Cc1nn(C)c(Nc2ccc3c(c2)nc(C)n3-c2ccccc2)c1[N+](=O)[O-]. The van der Waals surface area contributed by atoms with E-state index >= 15 is 0 Å². The highest BCUT2D eigenvalue weighted by Gasteiger charge is 2.24. The zero-order chi connectivity index (χ0) is 19.1. The first kappa shape index (κ1) is 16.8. The summed E-state index contributed by atoms with van der Waals surface area (Å²) >= 11 is 0. The average molecular weight is 362 g/mol. The van der Waals surface area contributed by atoms with Crippen molar-refractivity contribution in [3.63, 3.8) is 0 Å². The Morgan fingerprint density at radius 2 is 1.85 bits per heavy atom. The standard InChI is InChI=1S/C19H18N6O2/c1-12-18(25(26)27)19(23(3)22-12)21-14-9-10-17-16(11-14)20-13(2)24(17)15-7-5-4-6-8-15/h4-11,21H,1-3H3. The molecule has 0 atom stereocenters. The Bertz CT molecular complexity index is 1160. The summed E-state index contributed by atoms with van der Waals surface area (Å²) in [5.74, 6) is 1.21. The van der Waals surface area contributed by atoms with Gasteiger partial charge in [0.25, 0.3) is 0 Å². The van der Waals surface area contributed by atoms with Gasteiger partial charge in [0, 0.05) is 18.4 Å². The number of nitrogens with one attached hydrogen (secondary N) is 1. The molecule has 0 bridgehead atoms. The van der Waals surface area contributed by atoms with E-state index in [0.29, 0.717) is 17.2 Å². The van der Waals surface area contributed by atoms with Crippen LogP contribution in [0.25, 0.3) is 16.7 Å². The highest BCUT2D eigenvalue weighted by molar-refractivity contribution is 5.83. The maximum absolute atomic E-state index is 11.4. The molecule has 8 nitrogen and oxygen atoms in total. The minimum Gasteiger partial charge on any atom is -0.335 e. The Hall–Kier alpha value is -3.68. The maximum Gasteiger partial charge on any atom is 0.334 e. The van der Waals surface area contributed by atoms with Crippen molar-refractivity contribution in [3.05, 3.63) is 70.2 Å². The third-order valence-electron chi connectivity index (χ3n) is 4.47. The fourth-order valence-electron chi connectivity index (χ4n) is 3.32. The topological polar surface area (TPSA) is 90.8 Å². The molecule has 0 unspecified atom stereocenters. The van der Waals surface area contributed by atoms with Crippen LogP contribution >= 0.6 is 0 Å². The van der Waals surface area contributed by atoms with Crippen LogP contribution in [-0.4, -0.2) is 24.3 Å². The summed E-state index contributed by atoms with van der Waals surface area (Å²) in [7, 11) is 1.68. The lowest BCUT2D eigenvalue weighted by atomic mass is 10.2. The molecule has 0 saturated heterocycles. The van der Waals surface area contributed by atoms with Crippen molar-refractivity contribution in [2.45, 2.75) is 13.8 Å². The van der Waals surface area contributed by atoms with Crippen molar-refractivity contribution in [3.8, 4) is 5.69 Å². The number of hydrogen-bond donors (Lipinski definition) is 1. The number of rotatable bonds is 4.